The molecule has 0 aromatic carbocycles. The summed E-state index contributed by atoms with van der Waals surface area (Å²) in [7, 11) is -4.09. The van der Waals surface area contributed by atoms with E-state index in [1.807, 2.05) is 0 Å². The fraction of sp³-hybridized carbons (Fsp3) is 0.903. The molecule has 0 aromatic rings. The number of hydrogen-bond acceptors (Lipinski definition) is 6. The molecule has 0 radical (unpaired) electrons. The minimum atomic E-state index is -4.09. The van der Waals surface area contributed by atoms with Gasteiger partial charge in [0.15, 0.2) is 0 Å². The highest BCUT2D eigenvalue weighted by Crippen LogP contribution is 2.68. The van der Waals surface area contributed by atoms with Gasteiger partial charge >= 0.3 is 0 Å². The molecule has 11 heteroatoms. The van der Waals surface area contributed by atoms with E-state index in [1.165, 1.54) is 0 Å². The number of nitrogens with one attached hydrogen (secondary N) is 2. The van der Waals surface area contributed by atoms with Crippen LogP contribution in [0.3, 0.4) is 0 Å². The molecule has 0 aromatic heterocycles. The minimum absolute atomic E-state index is 0.0192. The molecule has 2 unspecified atom stereocenters. The van der Waals surface area contributed by atoms with Gasteiger partial charge in [-0.05, 0) is 111 Å². The van der Waals surface area contributed by atoms with Crippen molar-refractivity contribution in [3.63, 3.8) is 0 Å². The van der Waals surface area contributed by atoms with Crippen molar-refractivity contribution in [3.05, 3.63) is 0 Å². The SMILES string of the molecule is C[C@H](CCC(=O)NCCS(=O)(=O)O)[C@H]1CC[C@H]2C3[C@@H](O)CC4C[C@H](NC(=O)CCCC(N)=O)CC[C@]4(C)[C@H]3CC[C@]12C. The summed E-state index contributed by atoms with van der Waals surface area (Å²) in [4.78, 5) is 35.8. The highest BCUT2D eigenvalue weighted by atomic mass is 32.2. The molecular formula is C31H53N3O7S. The van der Waals surface area contributed by atoms with Gasteiger partial charge in [0.1, 0.15) is 0 Å². The summed E-state index contributed by atoms with van der Waals surface area (Å²) in [5.74, 6) is 1.35. The van der Waals surface area contributed by atoms with E-state index in [4.69, 9.17) is 10.3 Å². The maximum Gasteiger partial charge on any atom is 0.266 e. The van der Waals surface area contributed by atoms with Crippen molar-refractivity contribution in [1.82, 2.24) is 10.6 Å². The zero-order valence-electron chi connectivity index (χ0n) is 25.6. The zero-order valence-corrected chi connectivity index (χ0v) is 26.5. The van der Waals surface area contributed by atoms with Crippen LogP contribution in [-0.2, 0) is 24.5 Å². The lowest BCUT2D eigenvalue weighted by atomic mass is 9.43. The lowest BCUT2D eigenvalue weighted by Gasteiger charge is -2.62. The van der Waals surface area contributed by atoms with Gasteiger partial charge in [0.05, 0.1) is 11.9 Å². The Morgan fingerprint density at radius 3 is 2.33 bits per heavy atom. The van der Waals surface area contributed by atoms with E-state index in [0.29, 0.717) is 48.9 Å². The lowest BCUT2D eigenvalue weighted by molar-refractivity contribution is -0.167. The molecule has 4 aliphatic rings. The molecule has 3 amide bonds. The second-order valence-electron chi connectivity index (χ2n) is 14.5. The first-order valence-corrected chi connectivity index (χ1v) is 17.7. The van der Waals surface area contributed by atoms with Crippen LogP contribution in [0.5, 0.6) is 0 Å². The monoisotopic (exact) mass is 611 g/mol. The molecule has 0 bridgehead atoms. The van der Waals surface area contributed by atoms with E-state index in [1.54, 1.807) is 0 Å². The molecule has 0 saturated heterocycles. The number of aliphatic hydroxyl groups is 1. The molecule has 0 aliphatic heterocycles. The predicted octanol–water partition coefficient (Wildman–Crippen LogP) is 3.18. The van der Waals surface area contributed by atoms with Gasteiger partial charge < -0.3 is 21.5 Å². The molecular weight excluding hydrogens is 558 g/mol. The van der Waals surface area contributed by atoms with Crippen LogP contribution in [0, 0.1) is 46.3 Å². The smallest absolute Gasteiger partial charge is 0.266 e. The topological polar surface area (TPSA) is 176 Å². The highest BCUT2D eigenvalue weighted by molar-refractivity contribution is 7.85. The first-order valence-electron chi connectivity index (χ1n) is 16.1. The maximum absolute atomic E-state index is 12.5. The van der Waals surface area contributed by atoms with Crippen molar-refractivity contribution < 1.29 is 32.5 Å². The van der Waals surface area contributed by atoms with Crippen molar-refractivity contribution in [3.8, 4) is 0 Å². The Labute approximate surface area is 251 Å². The maximum atomic E-state index is 12.5. The number of aliphatic hydroxyl groups excluding tert-OH is 1. The largest absolute Gasteiger partial charge is 0.393 e. The first kappa shape index (κ1) is 33.2. The van der Waals surface area contributed by atoms with Crippen LogP contribution in [0.1, 0.15) is 104 Å². The lowest BCUT2D eigenvalue weighted by Crippen LogP contribution is -2.59. The summed E-state index contributed by atoms with van der Waals surface area (Å²) in [6.07, 6.45) is 9.85. The second kappa shape index (κ2) is 13.1. The summed E-state index contributed by atoms with van der Waals surface area (Å²) >= 11 is 0. The Hall–Kier alpha value is -1.72. The Morgan fingerprint density at radius 2 is 1.64 bits per heavy atom. The van der Waals surface area contributed by atoms with Gasteiger partial charge in [0, 0.05) is 31.8 Å². The molecule has 240 valence electrons. The molecule has 10 atom stereocenters. The fourth-order valence-corrected chi connectivity index (χ4v) is 10.4. The zero-order chi connectivity index (χ0) is 30.9. The number of hydrogen-bond donors (Lipinski definition) is 5. The molecule has 4 aliphatic carbocycles. The fourth-order valence-electron chi connectivity index (χ4n) is 10.0. The van der Waals surface area contributed by atoms with Crippen molar-refractivity contribution in [2.24, 2.45) is 52.1 Å². The summed E-state index contributed by atoms with van der Waals surface area (Å²) in [5, 5.41) is 17.4. The molecule has 6 N–H and O–H groups in total. The standard InChI is InChI=1S/C31H53N3O7S/c1-19(7-10-27(37)33-15-16-42(39,40)41)22-8-9-23-29-24(12-14-31(22,23)3)30(2)13-11-21(17-20(30)18-25(29)35)34-28(38)6-4-5-26(32)36/h19-25,29,35H,4-18H2,1-3H3,(H2,32,36)(H,33,37)(H,34,38)(H,39,40,41)/t19-,20?,21-,22-,23+,24+,25+,29?,30+,31-/m1/s1. The van der Waals surface area contributed by atoms with Gasteiger partial charge in [-0.1, -0.05) is 20.8 Å². The van der Waals surface area contributed by atoms with Crippen LogP contribution >= 0.6 is 0 Å². The van der Waals surface area contributed by atoms with Gasteiger partial charge in [-0.2, -0.15) is 8.42 Å². The van der Waals surface area contributed by atoms with Crippen molar-refractivity contribution in [2.45, 2.75) is 116 Å². The van der Waals surface area contributed by atoms with Crippen molar-refractivity contribution in [2.75, 3.05) is 12.3 Å². The van der Waals surface area contributed by atoms with E-state index in [0.717, 1.165) is 57.8 Å². The minimum Gasteiger partial charge on any atom is -0.393 e. The highest BCUT2D eigenvalue weighted by Gasteiger charge is 2.62. The number of nitrogens with two attached hydrogens (primary N) is 1. The average Bonchev–Trinajstić information content (AvgIpc) is 3.24. The van der Waals surface area contributed by atoms with E-state index in [-0.39, 0.29) is 59.6 Å². The molecule has 42 heavy (non-hydrogen) atoms. The number of carbonyl (C=O) groups excluding carboxylic acids is 3. The van der Waals surface area contributed by atoms with E-state index < -0.39 is 15.9 Å². The third-order valence-corrected chi connectivity index (χ3v) is 12.9. The van der Waals surface area contributed by atoms with Crippen molar-refractivity contribution >= 4 is 27.8 Å². The second-order valence-corrected chi connectivity index (χ2v) is 16.1. The first-order chi connectivity index (χ1) is 19.6. The van der Waals surface area contributed by atoms with Gasteiger partial charge in [-0.25, -0.2) is 0 Å². The number of fused-ring (bicyclic) bond motifs is 5. The third kappa shape index (κ3) is 7.32. The van der Waals surface area contributed by atoms with Crippen LogP contribution in [0.4, 0.5) is 0 Å². The Bertz CT molecular complexity index is 1120. The van der Waals surface area contributed by atoms with Gasteiger partial charge in [-0.3, -0.25) is 18.9 Å². The summed E-state index contributed by atoms with van der Waals surface area (Å²) in [6.45, 7) is 7.00. The Balaban J connectivity index is 1.34. The number of rotatable bonds is 12. The predicted molar refractivity (Wildman–Crippen MR) is 159 cm³/mol. The van der Waals surface area contributed by atoms with Crippen LogP contribution in [-0.4, -0.2) is 60.2 Å². The number of amides is 3. The number of carbonyl (C=O) groups is 3. The quantitative estimate of drug-likeness (QED) is 0.211. The number of primary amides is 1. The molecule has 4 rings (SSSR count). The molecule has 0 heterocycles. The van der Waals surface area contributed by atoms with Crippen LogP contribution < -0.4 is 16.4 Å². The average molecular weight is 612 g/mol. The van der Waals surface area contributed by atoms with Crippen molar-refractivity contribution in [1.29, 1.82) is 0 Å². The molecule has 4 fully saturated rings. The van der Waals surface area contributed by atoms with Gasteiger partial charge in [-0.15, -0.1) is 0 Å². The summed E-state index contributed by atoms with van der Waals surface area (Å²) in [6, 6.07) is 0.115. The van der Waals surface area contributed by atoms with E-state index in [9.17, 15) is 27.9 Å². The van der Waals surface area contributed by atoms with Crippen LogP contribution in [0.2, 0.25) is 0 Å². The van der Waals surface area contributed by atoms with E-state index >= 15 is 0 Å². The molecule has 0 spiro atoms. The molecule has 10 nitrogen and oxygen atoms in total. The Kier molecular flexibility index (Phi) is 10.4. The summed E-state index contributed by atoms with van der Waals surface area (Å²) in [5.41, 5.74) is 5.48. The van der Waals surface area contributed by atoms with Gasteiger partial charge in [0.2, 0.25) is 17.7 Å². The Morgan fingerprint density at radius 1 is 0.952 bits per heavy atom. The third-order valence-electron chi connectivity index (χ3n) is 12.1. The normalized spacial score (nSPS) is 38.5. The van der Waals surface area contributed by atoms with Crippen LogP contribution in [0.25, 0.3) is 0 Å². The van der Waals surface area contributed by atoms with E-state index in [2.05, 4.69) is 31.4 Å². The molecule has 4 saturated carbocycles. The van der Waals surface area contributed by atoms with Gasteiger partial charge in [0.25, 0.3) is 10.1 Å². The van der Waals surface area contributed by atoms with Crippen LogP contribution in [0.15, 0.2) is 0 Å². The summed E-state index contributed by atoms with van der Waals surface area (Å²) < 4.78 is 30.7.